The molecule has 1 heterocycles. The summed E-state index contributed by atoms with van der Waals surface area (Å²) < 4.78 is 1.04. The highest BCUT2D eigenvalue weighted by Gasteiger charge is 2.11. The van der Waals surface area contributed by atoms with E-state index in [0.29, 0.717) is 5.82 Å². The summed E-state index contributed by atoms with van der Waals surface area (Å²) >= 11 is 3.45. The number of anilines is 2. The summed E-state index contributed by atoms with van der Waals surface area (Å²) in [5, 5.41) is 12.2. The first-order valence-corrected chi connectivity index (χ1v) is 9.10. The van der Waals surface area contributed by atoms with Crippen LogP contribution >= 0.6 is 15.9 Å². The number of rotatable bonds is 4. The Bertz CT molecular complexity index is 1000. The number of halogens is 1. The van der Waals surface area contributed by atoms with E-state index in [4.69, 9.17) is 0 Å². The summed E-state index contributed by atoms with van der Waals surface area (Å²) in [6, 6.07) is 30.4. The Labute approximate surface area is 160 Å². The van der Waals surface area contributed by atoms with Crippen LogP contribution in [0.5, 0.6) is 0 Å². The summed E-state index contributed by atoms with van der Waals surface area (Å²) in [6.45, 7) is 0. The van der Waals surface area contributed by atoms with E-state index in [0.717, 1.165) is 32.5 Å². The minimum atomic E-state index is 0.714. The highest BCUT2D eigenvalue weighted by molar-refractivity contribution is 9.10. The van der Waals surface area contributed by atoms with Crippen molar-refractivity contribution in [3.63, 3.8) is 0 Å². The quantitative estimate of drug-likeness (QED) is 0.434. The second kappa shape index (κ2) is 7.50. The predicted molar refractivity (Wildman–Crippen MR) is 110 cm³/mol. The van der Waals surface area contributed by atoms with E-state index < -0.39 is 0 Å². The van der Waals surface area contributed by atoms with Gasteiger partial charge >= 0.3 is 0 Å². The number of hydrogen-bond acceptors (Lipinski definition) is 3. The number of aromatic nitrogens is 2. The van der Waals surface area contributed by atoms with Crippen LogP contribution in [0.4, 0.5) is 11.5 Å². The third kappa shape index (κ3) is 3.65. The number of hydrogen-bond donors (Lipinski definition) is 1. The number of nitrogens with one attached hydrogen (secondary N) is 1. The molecule has 4 rings (SSSR count). The van der Waals surface area contributed by atoms with E-state index in [9.17, 15) is 0 Å². The Morgan fingerprint density at radius 2 is 1.27 bits per heavy atom. The maximum absolute atomic E-state index is 4.52. The van der Waals surface area contributed by atoms with E-state index in [1.807, 2.05) is 66.7 Å². The van der Waals surface area contributed by atoms with Crippen molar-refractivity contribution in [2.45, 2.75) is 0 Å². The van der Waals surface area contributed by atoms with Crippen LogP contribution in [0.1, 0.15) is 0 Å². The topological polar surface area (TPSA) is 37.8 Å². The SMILES string of the molecule is Brc1ccc(Nc2cc(-c3ccccc3)c(-c3ccccc3)nn2)cc1. The van der Waals surface area contributed by atoms with Crippen molar-refractivity contribution in [3.05, 3.63) is 95.5 Å². The van der Waals surface area contributed by atoms with Crippen molar-refractivity contribution in [3.8, 4) is 22.4 Å². The third-order valence-electron chi connectivity index (χ3n) is 4.04. The third-order valence-corrected chi connectivity index (χ3v) is 4.57. The Morgan fingerprint density at radius 3 is 1.92 bits per heavy atom. The lowest BCUT2D eigenvalue weighted by Crippen LogP contribution is -1.99. The van der Waals surface area contributed by atoms with E-state index in [-0.39, 0.29) is 0 Å². The van der Waals surface area contributed by atoms with Gasteiger partial charge in [-0.05, 0) is 35.9 Å². The molecule has 3 aromatic carbocycles. The maximum atomic E-state index is 4.52. The molecule has 126 valence electrons. The number of nitrogens with zero attached hydrogens (tertiary/aromatic N) is 2. The molecule has 0 saturated carbocycles. The Balaban J connectivity index is 1.78. The van der Waals surface area contributed by atoms with Gasteiger partial charge in [0.05, 0.1) is 0 Å². The molecule has 0 bridgehead atoms. The van der Waals surface area contributed by atoms with Crippen LogP contribution in [0, 0.1) is 0 Å². The molecule has 26 heavy (non-hydrogen) atoms. The van der Waals surface area contributed by atoms with Gasteiger partial charge in [0.15, 0.2) is 5.82 Å². The average molecular weight is 402 g/mol. The average Bonchev–Trinajstić information content (AvgIpc) is 2.71. The molecular weight excluding hydrogens is 386 g/mol. The number of benzene rings is 3. The van der Waals surface area contributed by atoms with Gasteiger partial charge in [-0.2, -0.15) is 0 Å². The first kappa shape index (κ1) is 16.5. The first-order valence-electron chi connectivity index (χ1n) is 8.31. The van der Waals surface area contributed by atoms with Gasteiger partial charge < -0.3 is 5.32 Å². The second-order valence-electron chi connectivity index (χ2n) is 5.86. The van der Waals surface area contributed by atoms with Crippen LogP contribution in [0.3, 0.4) is 0 Å². The molecule has 0 spiro atoms. The van der Waals surface area contributed by atoms with Crippen molar-refractivity contribution in [2.75, 3.05) is 5.32 Å². The van der Waals surface area contributed by atoms with Gasteiger partial charge in [-0.3, -0.25) is 0 Å². The lowest BCUT2D eigenvalue weighted by molar-refractivity contribution is 1.04. The van der Waals surface area contributed by atoms with Gasteiger partial charge in [0.25, 0.3) is 0 Å². The molecule has 0 unspecified atom stereocenters. The van der Waals surface area contributed by atoms with E-state index in [1.165, 1.54) is 0 Å². The van der Waals surface area contributed by atoms with Crippen molar-refractivity contribution < 1.29 is 0 Å². The van der Waals surface area contributed by atoms with Crippen LogP contribution in [-0.2, 0) is 0 Å². The van der Waals surface area contributed by atoms with Gasteiger partial charge in [-0.1, -0.05) is 76.6 Å². The fourth-order valence-electron chi connectivity index (χ4n) is 2.78. The predicted octanol–water partition coefficient (Wildman–Crippen LogP) is 6.32. The van der Waals surface area contributed by atoms with Crippen molar-refractivity contribution in [2.24, 2.45) is 0 Å². The Morgan fingerprint density at radius 1 is 0.654 bits per heavy atom. The molecular formula is C22H16BrN3. The van der Waals surface area contributed by atoms with Gasteiger partial charge in [-0.15, -0.1) is 10.2 Å². The zero-order chi connectivity index (χ0) is 17.8. The minimum absolute atomic E-state index is 0.714. The van der Waals surface area contributed by atoms with Crippen LogP contribution < -0.4 is 5.32 Å². The highest BCUT2D eigenvalue weighted by atomic mass is 79.9. The molecule has 0 aliphatic carbocycles. The summed E-state index contributed by atoms with van der Waals surface area (Å²) in [4.78, 5) is 0. The highest BCUT2D eigenvalue weighted by Crippen LogP contribution is 2.32. The molecule has 4 heteroatoms. The Kier molecular flexibility index (Phi) is 4.75. The van der Waals surface area contributed by atoms with Crippen LogP contribution in [0.25, 0.3) is 22.4 Å². The molecule has 1 N–H and O–H groups in total. The zero-order valence-electron chi connectivity index (χ0n) is 13.9. The molecule has 0 radical (unpaired) electrons. The summed E-state index contributed by atoms with van der Waals surface area (Å²) in [5.41, 5.74) is 5.05. The fourth-order valence-corrected chi connectivity index (χ4v) is 3.05. The molecule has 0 aliphatic rings. The van der Waals surface area contributed by atoms with E-state index in [2.05, 4.69) is 55.7 Å². The van der Waals surface area contributed by atoms with Gasteiger partial charge in [0.1, 0.15) is 5.69 Å². The fraction of sp³-hybridized carbons (Fsp3) is 0. The normalized spacial score (nSPS) is 10.5. The molecule has 0 aliphatic heterocycles. The van der Waals surface area contributed by atoms with Crippen LogP contribution in [-0.4, -0.2) is 10.2 Å². The monoisotopic (exact) mass is 401 g/mol. The van der Waals surface area contributed by atoms with Crippen LogP contribution in [0.2, 0.25) is 0 Å². The first-order chi connectivity index (χ1) is 12.8. The molecule has 1 aromatic heterocycles. The molecule has 0 saturated heterocycles. The van der Waals surface area contributed by atoms with E-state index >= 15 is 0 Å². The molecule has 0 fully saturated rings. The summed E-state index contributed by atoms with van der Waals surface area (Å²) in [6.07, 6.45) is 0. The summed E-state index contributed by atoms with van der Waals surface area (Å²) in [7, 11) is 0. The smallest absolute Gasteiger partial charge is 0.153 e. The molecule has 4 aromatic rings. The van der Waals surface area contributed by atoms with Crippen molar-refractivity contribution >= 4 is 27.4 Å². The Hall–Kier alpha value is -2.98. The lowest BCUT2D eigenvalue weighted by atomic mass is 10.00. The molecule has 0 atom stereocenters. The van der Waals surface area contributed by atoms with Gasteiger partial charge in [0.2, 0.25) is 0 Å². The molecule has 3 nitrogen and oxygen atoms in total. The van der Waals surface area contributed by atoms with Crippen molar-refractivity contribution in [1.82, 2.24) is 10.2 Å². The zero-order valence-corrected chi connectivity index (χ0v) is 15.5. The second-order valence-corrected chi connectivity index (χ2v) is 6.77. The van der Waals surface area contributed by atoms with Crippen LogP contribution in [0.15, 0.2) is 95.5 Å². The minimum Gasteiger partial charge on any atom is -0.339 e. The largest absolute Gasteiger partial charge is 0.339 e. The summed E-state index contributed by atoms with van der Waals surface area (Å²) in [5.74, 6) is 0.714. The lowest BCUT2D eigenvalue weighted by Gasteiger charge is -2.12. The van der Waals surface area contributed by atoms with Gasteiger partial charge in [-0.25, -0.2) is 0 Å². The standard InChI is InChI=1S/C22H16BrN3/c23-18-11-13-19(14-12-18)24-21-15-20(16-7-3-1-4-8-16)22(26-25-21)17-9-5-2-6-10-17/h1-15H,(H,24,25). The van der Waals surface area contributed by atoms with Crippen molar-refractivity contribution in [1.29, 1.82) is 0 Å². The maximum Gasteiger partial charge on any atom is 0.153 e. The molecule has 0 amide bonds. The van der Waals surface area contributed by atoms with Gasteiger partial charge in [0, 0.05) is 21.3 Å². The van der Waals surface area contributed by atoms with E-state index in [1.54, 1.807) is 0 Å².